The van der Waals surface area contributed by atoms with Gasteiger partial charge in [0.2, 0.25) is 0 Å². The first-order valence-electron chi connectivity index (χ1n) is 0. The fraction of sp³-hybridized carbons (Fsp3) is 0. The van der Waals surface area contributed by atoms with Crippen molar-refractivity contribution < 1.29 is 83.1 Å². The maximum absolute atomic E-state index is 0. The molecule has 0 atom stereocenters. The molecule has 4 heavy (non-hydrogen) atoms. The molecule has 0 N–H and O–H groups in total. The summed E-state index contributed by atoms with van der Waals surface area (Å²) in [4.78, 5) is 0. The zero-order valence-electron chi connectivity index (χ0n) is 2.86. The first-order chi connectivity index (χ1) is 0. The van der Waals surface area contributed by atoms with Crippen molar-refractivity contribution in [2.24, 2.45) is 0 Å². The molecule has 4 heteroatoms. The summed E-state index contributed by atoms with van der Waals surface area (Å²) in [6.07, 6.45) is 0. The first kappa shape index (κ1) is 31.1. The van der Waals surface area contributed by atoms with Crippen LogP contribution in [-0.4, -0.2) is 0 Å². The van der Waals surface area contributed by atoms with Crippen molar-refractivity contribution in [2.45, 2.75) is 0 Å². The minimum absolute atomic E-state index is 0. The molecule has 8 valence electrons. The summed E-state index contributed by atoms with van der Waals surface area (Å²) in [6, 6.07) is 0. The van der Waals surface area contributed by atoms with E-state index in [2.05, 4.69) is 0 Å². The first-order valence-corrected chi connectivity index (χ1v) is 0. The Morgan fingerprint density at radius 3 is 0.750 bits per heavy atom. The maximum atomic E-state index is 0. The van der Waals surface area contributed by atoms with Gasteiger partial charge in [-0.05, 0) is 0 Å². The minimum atomic E-state index is 0. The second kappa shape index (κ2) is 17.7. The summed E-state index contributed by atoms with van der Waals surface area (Å²) in [5, 5.41) is 0. The molecule has 0 aromatic rings. The standard InChI is InChI=1S/2Na.O.V/q2*+1;-2;+5. The van der Waals surface area contributed by atoms with Gasteiger partial charge in [0.1, 0.15) is 0 Å². The van der Waals surface area contributed by atoms with E-state index in [9.17, 15) is 0 Å². The third kappa shape index (κ3) is 8.82. The predicted molar refractivity (Wildman–Crippen MR) is 0.686 cm³/mol. The van der Waals surface area contributed by atoms with Crippen LogP contribution in [-0.2, 0) is 24.0 Å². The van der Waals surface area contributed by atoms with Gasteiger partial charge in [0.25, 0.3) is 0 Å². The normalized spacial score (nSPS) is 0. The molecule has 0 saturated carbocycles. The zero-order chi connectivity index (χ0) is 0. The molecule has 0 rings (SSSR count). The van der Waals surface area contributed by atoms with Crippen LogP contribution in [0, 0.1) is 0 Å². The van der Waals surface area contributed by atoms with Crippen LogP contribution in [0.2, 0.25) is 0 Å². The van der Waals surface area contributed by atoms with Crippen LogP contribution in [0.3, 0.4) is 0 Å². The van der Waals surface area contributed by atoms with Crippen LogP contribution >= 0.6 is 0 Å². The molecule has 0 aromatic carbocycles. The fourth-order valence-electron chi connectivity index (χ4n) is 0. The van der Waals surface area contributed by atoms with E-state index in [1.807, 2.05) is 0 Å². The Labute approximate surface area is 81.7 Å². The van der Waals surface area contributed by atoms with Crippen LogP contribution in [0.15, 0.2) is 0 Å². The van der Waals surface area contributed by atoms with Gasteiger partial charge in [0, 0.05) is 0 Å². The van der Waals surface area contributed by atoms with Crippen molar-refractivity contribution >= 4 is 0 Å². The number of rotatable bonds is 0. The van der Waals surface area contributed by atoms with Gasteiger partial charge in [0.05, 0.1) is 0 Å². The van der Waals surface area contributed by atoms with Crippen molar-refractivity contribution in [3.8, 4) is 0 Å². The van der Waals surface area contributed by atoms with Crippen molar-refractivity contribution in [1.82, 2.24) is 0 Å². The van der Waals surface area contributed by atoms with E-state index >= 15 is 0 Å². The van der Waals surface area contributed by atoms with Gasteiger partial charge in [-0.15, -0.1) is 0 Å². The summed E-state index contributed by atoms with van der Waals surface area (Å²) >= 11 is 0. The van der Waals surface area contributed by atoms with Crippen LogP contribution < -0.4 is 59.1 Å². The Bertz CT molecular complexity index is 6.00. The second-order valence-electron chi connectivity index (χ2n) is 0. The van der Waals surface area contributed by atoms with Gasteiger partial charge >= 0.3 is 77.7 Å². The van der Waals surface area contributed by atoms with Crippen LogP contribution in [0.4, 0.5) is 0 Å². The van der Waals surface area contributed by atoms with Gasteiger partial charge in [-0.2, -0.15) is 0 Å². The van der Waals surface area contributed by atoms with Gasteiger partial charge in [-0.25, -0.2) is 0 Å². The van der Waals surface area contributed by atoms with E-state index in [1.165, 1.54) is 0 Å². The summed E-state index contributed by atoms with van der Waals surface area (Å²) in [5.41, 5.74) is 0. The maximum Gasteiger partial charge on any atom is 5.00 e. The van der Waals surface area contributed by atoms with Crippen molar-refractivity contribution in [1.29, 1.82) is 0 Å². The van der Waals surface area contributed by atoms with Crippen LogP contribution in [0.25, 0.3) is 0 Å². The molecule has 0 heterocycles. The Hall–Kier alpha value is 2.54. The molecular formula is Na2OV+5. The van der Waals surface area contributed by atoms with E-state index in [0.29, 0.717) is 0 Å². The number of hydrogen-bond donors (Lipinski definition) is 0. The average molecular weight is 113 g/mol. The third-order valence-electron chi connectivity index (χ3n) is 0. The monoisotopic (exact) mass is 113 g/mol. The molecule has 0 aliphatic heterocycles. The van der Waals surface area contributed by atoms with Crippen molar-refractivity contribution in [3.05, 3.63) is 0 Å². The van der Waals surface area contributed by atoms with E-state index < -0.39 is 0 Å². The Kier molecular flexibility index (Phi) is 137. The van der Waals surface area contributed by atoms with Crippen LogP contribution in [0.1, 0.15) is 0 Å². The summed E-state index contributed by atoms with van der Waals surface area (Å²) in [7, 11) is 0. The molecule has 0 bridgehead atoms. The molecule has 0 spiro atoms. The van der Waals surface area contributed by atoms with Gasteiger partial charge in [-0.3, -0.25) is 0 Å². The SMILES string of the molecule is [Na+].[Na+].[O-2].[V+5]. The van der Waals surface area contributed by atoms with Crippen LogP contribution in [0.5, 0.6) is 0 Å². The molecule has 0 fully saturated rings. The van der Waals surface area contributed by atoms with E-state index in [-0.39, 0.29) is 83.1 Å². The molecule has 0 radical (unpaired) electrons. The molecular weight excluding hydrogens is 113 g/mol. The fourth-order valence-corrected chi connectivity index (χ4v) is 0. The molecule has 1 nitrogen and oxygen atoms in total. The van der Waals surface area contributed by atoms with E-state index in [0.717, 1.165) is 0 Å². The Morgan fingerprint density at radius 1 is 0.750 bits per heavy atom. The molecule has 0 aliphatic rings. The largest absolute Gasteiger partial charge is 5.00 e. The molecule has 0 aliphatic carbocycles. The van der Waals surface area contributed by atoms with Gasteiger partial charge in [0.15, 0.2) is 0 Å². The van der Waals surface area contributed by atoms with E-state index in [1.54, 1.807) is 0 Å². The minimum Gasteiger partial charge on any atom is -2.00 e. The van der Waals surface area contributed by atoms with E-state index in [4.69, 9.17) is 0 Å². The molecule has 0 aromatic heterocycles. The molecule has 0 amide bonds. The topological polar surface area (TPSA) is 28.5 Å². The zero-order valence-corrected chi connectivity index (χ0v) is 8.25. The summed E-state index contributed by atoms with van der Waals surface area (Å²) < 4.78 is 0. The van der Waals surface area contributed by atoms with Gasteiger partial charge < -0.3 is 5.48 Å². The quantitative estimate of drug-likeness (QED) is 0.280. The molecule has 0 saturated heterocycles. The summed E-state index contributed by atoms with van der Waals surface area (Å²) in [5.74, 6) is 0. The van der Waals surface area contributed by atoms with Gasteiger partial charge in [-0.1, -0.05) is 0 Å². The average Bonchev–Trinajstić information content (AvgIpc) is 0. The second-order valence-corrected chi connectivity index (χ2v) is 0. The Balaban J connectivity index is 0. The molecule has 0 unspecified atom stereocenters. The number of hydrogen-bond acceptors (Lipinski definition) is 0. The summed E-state index contributed by atoms with van der Waals surface area (Å²) in [6.45, 7) is 0. The smallest absolute Gasteiger partial charge is 2.00 e. The van der Waals surface area contributed by atoms with Crippen molar-refractivity contribution in [2.75, 3.05) is 0 Å². The third-order valence-corrected chi connectivity index (χ3v) is 0. The predicted octanol–water partition coefficient (Wildman–Crippen LogP) is -6.11. The Morgan fingerprint density at radius 2 is 0.750 bits per heavy atom. The van der Waals surface area contributed by atoms with Crippen molar-refractivity contribution in [3.63, 3.8) is 0 Å².